The van der Waals surface area contributed by atoms with Gasteiger partial charge in [0.1, 0.15) is 0 Å². The van der Waals surface area contributed by atoms with E-state index in [9.17, 15) is 0 Å². The first-order valence-electron chi connectivity index (χ1n) is 3.16. The van der Waals surface area contributed by atoms with E-state index in [0.29, 0.717) is 0 Å². The fourth-order valence-corrected chi connectivity index (χ4v) is 2.94. The van der Waals surface area contributed by atoms with Crippen molar-refractivity contribution in [2.75, 3.05) is 0 Å². The van der Waals surface area contributed by atoms with Crippen LogP contribution in [0, 0.1) is 0 Å². The Balaban J connectivity index is 2.58. The summed E-state index contributed by atoms with van der Waals surface area (Å²) in [6.07, 6.45) is 1.92. The third-order valence-electron chi connectivity index (χ3n) is 1.55. The summed E-state index contributed by atoms with van der Waals surface area (Å²) >= 11 is 5.87. The van der Waals surface area contributed by atoms with Crippen molar-refractivity contribution in [3.05, 3.63) is 34.2 Å². The second-order valence-electron chi connectivity index (χ2n) is 2.24. The van der Waals surface area contributed by atoms with Crippen molar-refractivity contribution in [3.63, 3.8) is 0 Å². The number of benzene rings is 1. The van der Waals surface area contributed by atoms with Gasteiger partial charge in [-0.3, -0.25) is 0 Å². The number of hydrogen-bond acceptors (Lipinski definition) is 0. The Morgan fingerprint density at radius 1 is 1.18 bits per heavy atom. The summed E-state index contributed by atoms with van der Waals surface area (Å²) in [5.74, 6) is 0. The van der Waals surface area contributed by atoms with Crippen LogP contribution in [-0.4, -0.2) is 0 Å². The lowest BCUT2D eigenvalue weighted by Crippen LogP contribution is -1.72. The van der Waals surface area contributed by atoms with Crippen LogP contribution in [0.2, 0.25) is 0 Å². The van der Waals surface area contributed by atoms with Crippen molar-refractivity contribution < 1.29 is 0 Å². The van der Waals surface area contributed by atoms with Crippen molar-refractivity contribution in [1.82, 2.24) is 0 Å². The van der Waals surface area contributed by atoms with Gasteiger partial charge in [0.15, 0.2) is 0 Å². The first-order chi connectivity index (χ1) is 5.29. The van der Waals surface area contributed by atoms with E-state index in [1.165, 1.54) is 0 Å². The fourth-order valence-electron chi connectivity index (χ4n) is 1.04. The summed E-state index contributed by atoms with van der Waals surface area (Å²) in [7, 11) is 5.63. The van der Waals surface area contributed by atoms with E-state index in [2.05, 4.69) is 0 Å². The van der Waals surface area contributed by atoms with E-state index in [4.69, 9.17) is 22.3 Å². The zero-order chi connectivity index (χ0) is 7.84. The Labute approximate surface area is 77.7 Å². The van der Waals surface area contributed by atoms with Gasteiger partial charge in [-0.2, -0.15) is 0 Å². The van der Waals surface area contributed by atoms with Gasteiger partial charge < -0.3 is 0 Å². The van der Waals surface area contributed by atoms with Gasteiger partial charge in [0.05, 0.1) is 4.36 Å². The summed E-state index contributed by atoms with van der Waals surface area (Å²) in [4.78, 5) is 1.14. The highest BCUT2D eigenvalue weighted by molar-refractivity contribution is 8.40. The van der Waals surface area contributed by atoms with Crippen LogP contribution >= 0.6 is 32.4 Å². The maximum atomic E-state index is 6.02. The van der Waals surface area contributed by atoms with E-state index < -0.39 is 10.1 Å². The molecular formula is C8H5Cl2S. The third-order valence-corrected chi connectivity index (χ3v) is 4.58. The molecule has 0 amide bonds. The number of halogens is 2. The highest BCUT2D eigenvalue weighted by Crippen LogP contribution is 2.56. The second-order valence-corrected chi connectivity index (χ2v) is 5.19. The average molecular weight is 204 g/mol. The van der Waals surface area contributed by atoms with E-state index in [0.717, 1.165) is 14.8 Å². The third kappa shape index (κ3) is 1.18. The Bertz CT molecular complexity index is 320. The molecule has 0 nitrogen and oxygen atoms in total. The summed E-state index contributed by atoms with van der Waals surface area (Å²) in [6.45, 7) is 0. The molecule has 1 aromatic rings. The molecular weight excluding hydrogens is 199 g/mol. The highest BCUT2D eigenvalue weighted by atomic mass is 35.7. The molecule has 2 rings (SSSR count). The zero-order valence-electron chi connectivity index (χ0n) is 5.55. The molecule has 1 heterocycles. The minimum atomic E-state index is -0.394. The molecule has 0 aliphatic carbocycles. The first kappa shape index (κ1) is 7.53. The van der Waals surface area contributed by atoms with Crippen LogP contribution in [0.1, 0.15) is 5.56 Å². The molecule has 0 spiro atoms. The van der Waals surface area contributed by atoms with E-state index >= 15 is 0 Å². The molecule has 0 atom stereocenters. The fraction of sp³-hybridized carbons (Fsp3) is 0. The van der Waals surface area contributed by atoms with Gasteiger partial charge in [-0.15, -0.1) is 0 Å². The molecule has 1 aliphatic rings. The molecule has 57 valence electrons. The lowest BCUT2D eigenvalue weighted by molar-refractivity contribution is 1.44. The van der Waals surface area contributed by atoms with Gasteiger partial charge >= 0.3 is 0 Å². The Kier molecular flexibility index (Phi) is 1.88. The van der Waals surface area contributed by atoms with E-state index in [1.54, 1.807) is 0 Å². The lowest BCUT2D eigenvalue weighted by Gasteiger charge is -2.03. The monoisotopic (exact) mass is 203 g/mol. The number of hydrogen-bond donors (Lipinski definition) is 0. The molecule has 0 N–H and O–H groups in total. The molecule has 0 unspecified atom stereocenters. The minimum Gasteiger partial charge on any atom is -0.0760 e. The quantitative estimate of drug-likeness (QED) is 0.598. The molecule has 0 bridgehead atoms. The predicted octanol–water partition coefficient (Wildman–Crippen LogP) is 4.02. The summed E-state index contributed by atoms with van der Waals surface area (Å²) in [5.41, 5.74) is 1.15. The Hall–Kier alpha value is -0.110. The van der Waals surface area contributed by atoms with Gasteiger partial charge in [-0.05, 0) is 38.5 Å². The molecule has 0 fully saturated rings. The van der Waals surface area contributed by atoms with Gasteiger partial charge in [-0.1, -0.05) is 29.8 Å². The maximum Gasteiger partial charge on any atom is 0.0835 e. The van der Waals surface area contributed by atoms with Crippen LogP contribution in [0.4, 0.5) is 0 Å². The SMILES string of the molecule is ClC1=Cc2ccccc2[S]1Cl. The molecule has 1 aromatic carbocycles. The van der Waals surface area contributed by atoms with Crippen LogP contribution in [0.25, 0.3) is 6.08 Å². The Morgan fingerprint density at radius 2 is 1.91 bits per heavy atom. The number of fused-ring (bicyclic) bond motifs is 1. The average Bonchev–Trinajstić information content (AvgIpc) is 2.30. The molecule has 0 aromatic heterocycles. The van der Waals surface area contributed by atoms with Gasteiger partial charge in [0.2, 0.25) is 0 Å². The largest absolute Gasteiger partial charge is 0.0835 e. The minimum absolute atomic E-state index is 0.394. The first-order valence-corrected chi connectivity index (χ1v) is 5.59. The van der Waals surface area contributed by atoms with Gasteiger partial charge in [-0.25, -0.2) is 0 Å². The molecule has 1 radical (unpaired) electrons. The van der Waals surface area contributed by atoms with E-state index in [-0.39, 0.29) is 0 Å². The normalized spacial score (nSPS) is 16.4. The topological polar surface area (TPSA) is 0 Å². The van der Waals surface area contributed by atoms with Crippen molar-refractivity contribution in [2.24, 2.45) is 0 Å². The predicted molar refractivity (Wildman–Crippen MR) is 52.0 cm³/mol. The van der Waals surface area contributed by atoms with Crippen molar-refractivity contribution in [1.29, 1.82) is 0 Å². The second kappa shape index (κ2) is 2.74. The molecule has 3 heteroatoms. The smallest absolute Gasteiger partial charge is 0.0760 e. The van der Waals surface area contributed by atoms with Crippen molar-refractivity contribution in [3.8, 4) is 0 Å². The lowest BCUT2D eigenvalue weighted by atomic mass is 10.2. The molecule has 11 heavy (non-hydrogen) atoms. The van der Waals surface area contributed by atoms with Gasteiger partial charge in [0, 0.05) is 4.90 Å². The van der Waals surface area contributed by atoms with Crippen molar-refractivity contribution >= 4 is 38.5 Å². The summed E-state index contributed by atoms with van der Waals surface area (Å²) in [5, 5.41) is 0. The molecule has 0 saturated carbocycles. The Morgan fingerprint density at radius 3 is 2.64 bits per heavy atom. The van der Waals surface area contributed by atoms with Crippen LogP contribution < -0.4 is 0 Å². The summed E-state index contributed by atoms with van der Waals surface area (Å²) < 4.78 is 0.743. The zero-order valence-corrected chi connectivity index (χ0v) is 7.88. The maximum absolute atomic E-state index is 6.02. The van der Waals surface area contributed by atoms with Crippen LogP contribution in [0.3, 0.4) is 0 Å². The highest BCUT2D eigenvalue weighted by Gasteiger charge is 2.19. The van der Waals surface area contributed by atoms with Crippen LogP contribution in [-0.2, 0) is 0 Å². The van der Waals surface area contributed by atoms with Crippen LogP contribution in [0.5, 0.6) is 0 Å². The van der Waals surface area contributed by atoms with Crippen molar-refractivity contribution in [2.45, 2.75) is 4.90 Å². The van der Waals surface area contributed by atoms with E-state index in [1.807, 2.05) is 30.3 Å². The van der Waals surface area contributed by atoms with Crippen LogP contribution in [0.15, 0.2) is 33.5 Å². The van der Waals surface area contributed by atoms with Gasteiger partial charge in [0.25, 0.3) is 0 Å². The molecule has 0 saturated heterocycles. The standard InChI is InChI=1S/C8H5Cl2S/c9-8-5-6-3-1-2-4-7(6)11(8)10/h1-5H. The molecule has 1 aliphatic heterocycles. The summed E-state index contributed by atoms with van der Waals surface area (Å²) in [6, 6.07) is 7.99. The number of rotatable bonds is 0.